The van der Waals surface area contributed by atoms with Crippen LogP contribution < -0.4 is 0 Å². The molecule has 0 aromatic carbocycles. The molecule has 1 aliphatic heterocycles. The first-order valence-electron chi connectivity index (χ1n) is 7.06. The second-order valence-corrected chi connectivity index (χ2v) is 8.83. The predicted octanol–water partition coefficient (Wildman–Crippen LogP) is 3.28. The Bertz CT molecular complexity index is 204. The van der Waals surface area contributed by atoms with E-state index in [1.165, 1.54) is 38.5 Å². The van der Waals surface area contributed by atoms with Gasteiger partial charge in [0.25, 0.3) is 0 Å². The topological polar surface area (TPSA) is 21.7 Å². The van der Waals surface area contributed by atoms with E-state index in [0.29, 0.717) is 5.54 Å². The van der Waals surface area contributed by atoms with E-state index in [1.807, 2.05) is 14.2 Å². The number of rotatable bonds is 7. The molecule has 1 aliphatic rings. The number of hydrogen-bond donors (Lipinski definition) is 0. The van der Waals surface area contributed by atoms with E-state index in [-0.39, 0.29) is 0 Å². The van der Waals surface area contributed by atoms with E-state index < -0.39 is 8.72 Å². The van der Waals surface area contributed by atoms with E-state index in [4.69, 9.17) is 8.85 Å². The summed E-state index contributed by atoms with van der Waals surface area (Å²) in [4.78, 5) is 0. The van der Waals surface area contributed by atoms with Crippen LogP contribution in [0, 0.1) is 0 Å². The maximum atomic E-state index is 5.93. The Balaban J connectivity index is 2.70. The van der Waals surface area contributed by atoms with Crippen LogP contribution in [0.4, 0.5) is 0 Å². The molecule has 0 aliphatic carbocycles. The van der Waals surface area contributed by atoms with Crippen molar-refractivity contribution in [1.82, 2.24) is 4.57 Å². The van der Waals surface area contributed by atoms with E-state index >= 15 is 0 Å². The van der Waals surface area contributed by atoms with Crippen LogP contribution in [0.2, 0.25) is 5.54 Å². The molecule has 0 saturated carbocycles. The first kappa shape index (κ1) is 15.2. The van der Waals surface area contributed by atoms with Crippen LogP contribution in [0.15, 0.2) is 0 Å². The van der Waals surface area contributed by atoms with Gasteiger partial charge in [0.05, 0.1) is 0 Å². The maximum Gasteiger partial charge on any atom is 0.430 e. The molecule has 1 saturated heterocycles. The zero-order valence-electron chi connectivity index (χ0n) is 12.0. The Morgan fingerprint density at radius 2 is 1.71 bits per heavy atom. The molecular weight excluding hydrogens is 230 g/mol. The maximum absolute atomic E-state index is 5.93. The normalized spacial score (nSPS) is 20.5. The van der Waals surface area contributed by atoms with Gasteiger partial charge in [0.15, 0.2) is 0 Å². The Hall–Kier alpha value is 0.0969. The summed E-state index contributed by atoms with van der Waals surface area (Å²) in [5.41, 5.74) is 0.551. The Morgan fingerprint density at radius 1 is 1.12 bits per heavy atom. The second kappa shape index (κ2) is 7.51. The minimum Gasteiger partial charge on any atom is -0.386 e. The lowest BCUT2D eigenvalue weighted by atomic mass is 10.2. The van der Waals surface area contributed by atoms with Gasteiger partial charge in [-0.05, 0) is 32.4 Å². The Kier molecular flexibility index (Phi) is 6.70. The Labute approximate surface area is 108 Å². The molecular formula is C13H29NO2Si. The van der Waals surface area contributed by atoms with E-state index in [0.717, 1.165) is 13.1 Å². The van der Waals surface area contributed by atoms with Gasteiger partial charge in [0.2, 0.25) is 0 Å². The van der Waals surface area contributed by atoms with Crippen LogP contribution in [-0.4, -0.2) is 40.6 Å². The van der Waals surface area contributed by atoms with Crippen molar-refractivity contribution in [3.05, 3.63) is 0 Å². The fraction of sp³-hybridized carbons (Fsp3) is 1.00. The van der Waals surface area contributed by atoms with Crippen molar-refractivity contribution >= 4 is 8.72 Å². The largest absolute Gasteiger partial charge is 0.430 e. The highest BCUT2D eigenvalue weighted by atomic mass is 28.4. The summed E-state index contributed by atoms with van der Waals surface area (Å²) in [5, 5.41) is 0. The molecule has 1 fully saturated rings. The highest BCUT2D eigenvalue weighted by molar-refractivity contribution is 6.66. The molecule has 4 heteroatoms. The fourth-order valence-corrected chi connectivity index (χ4v) is 6.57. The summed E-state index contributed by atoms with van der Waals surface area (Å²) in [5.74, 6) is 0. The molecule has 3 nitrogen and oxygen atoms in total. The van der Waals surface area contributed by atoms with Crippen LogP contribution in [0.5, 0.6) is 0 Å². The highest BCUT2D eigenvalue weighted by Crippen LogP contribution is 2.32. The third-order valence-electron chi connectivity index (χ3n) is 4.00. The van der Waals surface area contributed by atoms with Crippen molar-refractivity contribution in [3.63, 3.8) is 0 Å². The fourth-order valence-electron chi connectivity index (χ4n) is 2.95. The lowest BCUT2D eigenvalue weighted by molar-refractivity contribution is 0.137. The molecule has 1 unspecified atom stereocenters. The zero-order chi connectivity index (χ0) is 12.7. The van der Waals surface area contributed by atoms with Gasteiger partial charge in [-0.25, -0.2) is 0 Å². The molecule has 0 bridgehead atoms. The van der Waals surface area contributed by atoms with Crippen molar-refractivity contribution in [3.8, 4) is 0 Å². The van der Waals surface area contributed by atoms with E-state index in [9.17, 15) is 0 Å². The van der Waals surface area contributed by atoms with Crippen LogP contribution in [0.3, 0.4) is 0 Å². The second-order valence-electron chi connectivity index (χ2n) is 5.13. The van der Waals surface area contributed by atoms with Crippen LogP contribution >= 0.6 is 0 Å². The van der Waals surface area contributed by atoms with Crippen molar-refractivity contribution in [2.24, 2.45) is 0 Å². The van der Waals surface area contributed by atoms with Crippen LogP contribution in [-0.2, 0) is 8.85 Å². The van der Waals surface area contributed by atoms with Gasteiger partial charge in [0.1, 0.15) is 0 Å². The highest BCUT2D eigenvalue weighted by Gasteiger charge is 2.48. The van der Waals surface area contributed by atoms with Gasteiger partial charge >= 0.3 is 8.72 Å². The molecule has 0 aromatic rings. The van der Waals surface area contributed by atoms with Gasteiger partial charge in [-0.3, -0.25) is 4.57 Å². The smallest absolute Gasteiger partial charge is 0.386 e. The standard InChI is InChI=1S/C13H29NO2Si/c1-5-6-10-13(2)17(15-3,16-4)14-11-8-7-9-12-14/h13H,5-12H2,1-4H3. The van der Waals surface area contributed by atoms with Crippen LogP contribution in [0.25, 0.3) is 0 Å². The summed E-state index contributed by atoms with van der Waals surface area (Å²) in [6.07, 6.45) is 7.70. The summed E-state index contributed by atoms with van der Waals surface area (Å²) in [6.45, 7) is 6.87. The van der Waals surface area contributed by atoms with Crippen molar-refractivity contribution in [2.45, 2.75) is 57.9 Å². The van der Waals surface area contributed by atoms with Crippen molar-refractivity contribution in [2.75, 3.05) is 27.3 Å². The molecule has 0 aromatic heterocycles. The monoisotopic (exact) mass is 259 g/mol. The van der Waals surface area contributed by atoms with Crippen molar-refractivity contribution in [1.29, 1.82) is 0 Å². The van der Waals surface area contributed by atoms with Gasteiger partial charge in [-0.15, -0.1) is 0 Å². The van der Waals surface area contributed by atoms with E-state index in [2.05, 4.69) is 18.4 Å². The predicted molar refractivity (Wildman–Crippen MR) is 74.1 cm³/mol. The number of unbranched alkanes of at least 4 members (excludes halogenated alkanes) is 1. The molecule has 1 rings (SSSR count). The van der Waals surface area contributed by atoms with Gasteiger partial charge < -0.3 is 8.85 Å². The quantitative estimate of drug-likeness (QED) is 0.655. The third kappa shape index (κ3) is 3.53. The Morgan fingerprint density at radius 3 is 2.18 bits per heavy atom. The van der Waals surface area contributed by atoms with Crippen LogP contribution in [0.1, 0.15) is 52.4 Å². The molecule has 0 amide bonds. The SMILES string of the molecule is CCCCC(C)[Si](OC)(OC)N1CCCCC1. The zero-order valence-corrected chi connectivity index (χ0v) is 13.0. The summed E-state index contributed by atoms with van der Waals surface area (Å²) >= 11 is 0. The minimum atomic E-state index is -2.15. The van der Waals surface area contributed by atoms with Crippen molar-refractivity contribution < 1.29 is 8.85 Å². The summed E-state index contributed by atoms with van der Waals surface area (Å²) in [6, 6.07) is 0. The molecule has 0 spiro atoms. The molecule has 1 atom stereocenters. The average Bonchev–Trinajstić information content (AvgIpc) is 2.39. The number of hydrogen-bond acceptors (Lipinski definition) is 3. The lowest BCUT2D eigenvalue weighted by Crippen LogP contribution is -2.61. The average molecular weight is 259 g/mol. The minimum absolute atomic E-state index is 0.551. The molecule has 17 heavy (non-hydrogen) atoms. The van der Waals surface area contributed by atoms with E-state index in [1.54, 1.807) is 0 Å². The number of nitrogens with zero attached hydrogens (tertiary/aromatic N) is 1. The number of piperidine rings is 1. The molecule has 0 N–H and O–H groups in total. The lowest BCUT2D eigenvalue weighted by Gasteiger charge is -2.43. The molecule has 0 radical (unpaired) electrons. The van der Waals surface area contributed by atoms with Gasteiger partial charge in [-0.2, -0.15) is 0 Å². The first-order chi connectivity index (χ1) is 8.21. The van der Waals surface area contributed by atoms with Gasteiger partial charge in [0, 0.05) is 19.8 Å². The summed E-state index contributed by atoms with van der Waals surface area (Å²) < 4.78 is 14.4. The summed E-state index contributed by atoms with van der Waals surface area (Å²) in [7, 11) is 1.53. The molecule has 102 valence electrons. The van der Waals surface area contributed by atoms with Gasteiger partial charge in [-0.1, -0.05) is 33.1 Å². The molecule has 1 heterocycles. The third-order valence-corrected chi connectivity index (χ3v) is 8.03. The first-order valence-corrected chi connectivity index (χ1v) is 8.90.